The molecule has 1 aliphatic rings. The number of nitrogens with zero attached hydrogens (tertiary/aromatic N) is 1. The normalized spacial score (nSPS) is 18.5. The topological polar surface area (TPSA) is 50.8 Å². The van der Waals surface area contributed by atoms with Crippen LogP contribution in [0.4, 0.5) is 0 Å². The first kappa shape index (κ1) is 17.6. The minimum Gasteiger partial charge on any atom is -0.497 e. The zero-order valence-corrected chi connectivity index (χ0v) is 14.4. The summed E-state index contributed by atoms with van der Waals surface area (Å²) in [6.07, 6.45) is 4.04. The molecule has 1 amide bonds. The highest BCUT2D eigenvalue weighted by molar-refractivity contribution is 5.75. The molecule has 5 nitrogen and oxygen atoms in total. The Morgan fingerprint density at radius 2 is 2.17 bits per heavy atom. The SMILES string of the molecule is COc1ccc(CNC(=O)CC[C@H]2CCCN(C)C2)c(OC)c1. The van der Waals surface area contributed by atoms with E-state index in [1.54, 1.807) is 14.2 Å². The molecule has 1 heterocycles. The lowest BCUT2D eigenvalue weighted by Gasteiger charge is -2.29. The molecule has 0 radical (unpaired) electrons. The molecular formula is C18H28N2O3. The van der Waals surface area contributed by atoms with Crippen molar-refractivity contribution in [1.29, 1.82) is 0 Å². The van der Waals surface area contributed by atoms with Crippen LogP contribution in [0, 0.1) is 5.92 Å². The maximum atomic E-state index is 12.1. The Labute approximate surface area is 139 Å². The Morgan fingerprint density at radius 3 is 2.87 bits per heavy atom. The monoisotopic (exact) mass is 320 g/mol. The summed E-state index contributed by atoms with van der Waals surface area (Å²) < 4.78 is 10.5. The Hall–Kier alpha value is -1.75. The fraction of sp³-hybridized carbons (Fsp3) is 0.611. The lowest BCUT2D eigenvalue weighted by molar-refractivity contribution is -0.121. The lowest BCUT2D eigenvalue weighted by atomic mass is 9.93. The van der Waals surface area contributed by atoms with Crippen molar-refractivity contribution in [2.75, 3.05) is 34.4 Å². The van der Waals surface area contributed by atoms with E-state index in [0.717, 1.165) is 30.0 Å². The van der Waals surface area contributed by atoms with Crippen LogP contribution in [-0.4, -0.2) is 45.2 Å². The first-order chi connectivity index (χ1) is 11.1. The van der Waals surface area contributed by atoms with Crippen LogP contribution in [0.2, 0.25) is 0 Å². The van der Waals surface area contributed by atoms with Crippen LogP contribution >= 0.6 is 0 Å². The molecular weight excluding hydrogens is 292 g/mol. The van der Waals surface area contributed by atoms with E-state index in [4.69, 9.17) is 9.47 Å². The van der Waals surface area contributed by atoms with Crippen molar-refractivity contribution in [3.63, 3.8) is 0 Å². The predicted molar refractivity (Wildman–Crippen MR) is 90.8 cm³/mol. The first-order valence-corrected chi connectivity index (χ1v) is 8.28. The number of hydrogen-bond acceptors (Lipinski definition) is 4. The van der Waals surface area contributed by atoms with Crippen LogP contribution in [0.1, 0.15) is 31.2 Å². The maximum Gasteiger partial charge on any atom is 0.220 e. The fourth-order valence-corrected chi connectivity index (χ4v) is 3.12. The second-order valence-electron chi connectivity index (χ2n) is 6.26. The predicted octanol–water partition coefficient (Wildman–Crippen LogP) is 2.44. The van der Waals surface area contributed by atoms with Gasteiger partial charge in [-0.05, 0) is 50.9 Å². The van der Waals surface area contributed by atoms with E-state index in [0.29, 0.717) is 18.9 Å². The Morgan fingerprint density at radius 1 is 1.35 bits per heavy atom. The van der Waals surface area contributed by atoms with Gasteiger partial charge in [-0.1, -0.05) is 0 Å². The molecule has 1 N–H and O–H groups in total. The average Bonchev–Trinajstić information content (AvgIpc) is 2.58. The number of benzene rings is 1. The van der Waals surface area contributed by atoms with Gasteiger partial charge in [-0.2, -0.15) is 0 Å². The smallest absolute Gasteiger partial charge is 0.220 e. The second kappa shape index (κ2) is 8.77. The van der Waals surface area contributed by atoms with Crippen LogP contribution in [0.5, 0.6) is 11.5 Å². The molecule has 0 saturated carbocycles. The highest BCUT2D eigenvalue weighted by Gasteiger charge is 2.18. The summed E-state index contributed by atoms with van der Waals surface area (Å²) in [5, 5.41) is 2.99. The number of hydrogen-bond donors (Lipinski definition) is 1. The summed E-state index contributed by atoms with van der Waals surface area (Å²) in [6, 6.07) is 5.63. The molecule has 0 bridgehead atoms. The van der Waals surface area contributed by atoms with Crippen molar-refractivity contribution in [2.45, 2.75) is 32.2 Å². The molecule has 0 spiro atoms. The summed E-state index contributed by atoms with van der Waals surface area (Å²) >= 11 is 0. The largest absolute Gasteiger partial charge is 0.497 e. The number of ether oxygens (including phenoxy) is 2. The number of nitrogens with one attached hydrogen (secondary N) is 1. The summed E-state index contributed by atoms with van der Waals surface area (Å²) in [4.78, 5) is 14.4. The fourth-order valence-electron chi connectivity index (χ4n) is 3.12. The third kappa shape index (κ3) is 5.43. The number of rotatable bonds is 7. The summed E-state index contributed by atoms with van der Waals surface area (Å²) in [7, 11) is 5.40. The van der Waals surface area contributed by atoms with Gasteiger partial charge in [-0.3, -0.25) is 4.79 Å². The first-order valence-electron chi connectivity index (χ1n) is 8.28. The van der Waals surface area contributed by atoms with Crippen molar-refractivity contribution < 1.29 is 14.3 Å². The van der Waals surface area contributed by atoms with Crippen molar-refractivity contribution in [2.24, 2.45) is 5.92 Å². The minimum atomic E-state index is 0.107. The number of likely N-dealkylation sites (tertiary alicyclic amines) is 1. The van der Waals surface area contributed by atoms with Gasteiger partial charge in [-0.15, -0.1) is 0 Å². The number of carbonyl (C=O) groups excluding carboxylic acids is 1. The molecule has 128 valence electrons. The van der Waals surface area contributed by atoms with Crippen molar-refractivity contribution in [3.05, 3.63) is 23.8 Å². The molecule has 0 aliphatic carbocycles. The summed E-state index contributed by atoms with van der Waals surface area (Å²) in [5.74, 6) is 2.24. The van der Waals surface area contributed by atoms with Crippen LogP contribution in [0.15, 0.2) is 18.2 Å². The minimum absolute atomic E-state index is 0.107. The van der Waals surface area contributed by atoms with E-state index >= 15 is 0 Å². The Kier molecular flexibility index (Phi) is 6.71. The van der Waals surface area contributed by atoms with E-state index in [9.17, 15) is 4.79 Å². The molecule has 1 atom stereocenters. The highest BCUT2D eigenvalue weighted by atomic mass is 16.5. The summed E-state index contributed by atoms with van der Waals surface area (Å²) in [5.41, 5.74) is 0.957. The van der Waals surface area contributed by atoms with Gasteiger partial charge in [0.15, 0.2) is 0 Å². The van der Waals surface area contributed by atoms with E-state index < -0.39 is 0 Å². The van der Waals surface area contributed by atoms with E-state index in [1.165, 1.54) is 19.4 Å². The Bertz CT molecular complexity index is 519. The van der Waals surface area contributed by atoms with Crippen molar-refractivity contribution >= 4 is 5.91 Å². The molecule has 0 unspecified atom stereocenters. The molecule has 1 aromatic rings. The number of carbonyl (C=O) groups is 1. The van der Waals surface area contributed by atoms with Gasteiger partial charge in [0, 0.05) is 31.1 Å². The number of amides is 1. The molecule has 1 saturated heterocycles. The zero-order valence-electron chi connectivity index (χ0n) is 14.4. The van der Waals surface area contributed by atoms with Gasteiger partial charge in [-0.25, -0.2) is 0 Å². The molecule has 2 rings (SSSR count). The van der Waals surface area contributed by atoms with E-state index in [-0.39, 0.29) is 5.91 Å². The Balaban J connectivity index is 1.77. The van der Waals surface area contributed by atoms with Crippen LogP contribution in [0.25, 0.3) is 0 Å². The third-order valence-electron chi connectivity index (χ3n) is 4.47. The molecule has 0 aromatic heterocycles. The van der Waals surface area contributed by atoms with Crippen molar-refractivity contribution in [1.82, 2.24) is 10.2 Å². The number of piperidine rings is 1. The van der Waals surface area contributed by atoms with E-state index in [2.05, 4.69) is 17.3 Å². The second-order valence-corrected chi connectivity index (χ2v) is 6.26. The average molecular weight is 320 g/mol. The van der Waals surface area contributed by atoms with Gasteiger partial charge < -0.3 is 19.7 Å². The van der Waals surface area contributed by atoms with Gasteiger partial charge in [0.25, 0.3) is 0 Å². The van der Waals surface area contributed by atoms with Gasteiger partial charge in [0.2, 0.25) is 5.91 Å². The lowest BCUT2D eigenvalue weighted by Crippen LogP contribution is -2.33. The zero-order chi connectivity index (χ0) is 16.7. The molecule has 23 heavy (non-hydrogen) atoms. The van der Waals surface area contributed by atoms with Crippen LogP contribution in [0.3, 0.4) is 0 Å². The molecule has 1 aromatic carbocycles. The van der Waals surface area contributed by atoms with Crippen LogP contribution < -0.4 is 14.8 Å². The van der Waals surface area contributed by atoms with Crippen molar-refractivity contribution in [3.8, 4) is 11.5 Å². The quantitative estimate of drug-likeness (QED) is 0.838. The maximum absolute atomic E-state index is 12.1. The molecule has 5 heteroatoms. The van der Waals surface area contributed by atoms with Gasteiger partial charge in [0.1, 0.15) is 11.5 Å². The standard InChI is InChI=1S/C18H28N2O3/c1-20-10-4-5-14(13-20)6-9-18(21)19-12-15-7-8-16(22-2)11-17(15)23-3/h7-8,11,14H,4-6,9-10,12-13H2,1-3H3,(H,19,21)/t14-/m1/s1. The third-order valence-corrected chi connectivity index (χ3v) is 4.47. The number of methoxy groups -OCH3 is 2. The van der Waals surface area contributed by atoms with E-state index in [1.807, 2.05) is 18.2 Å². The molecule has 1 fully saturated rings. The van der Waals surface area contributed by atoms with Gasteiger partial charge in [0.05, 0.1) is 14.2 Å². The van der Waals surface area contributed by atoms with Crippen LogP contribution in [-0.2, 0) is 11.3 Å². The highest BCUT2D eigenvalue weighted by Crippen LogP contribution is 2.24. The summed E-state index contributed by atoms with van der Waals surface area (Å²) in [6.45, 7) is 2.77. The molecule has 1 aliphatic heterocycles. The van der Waals surface area contributed by atoms with Gasteiger partial charge >= 0.3 is 0 Å².